The first-order valence-corrected chi connectivity index (χ1v) is 8.44. The van der Waals surface area contributed by atoms with Crippen molar-refractivity contribution in [2.45, 2.75) is 59.6 Å². The average molecular weight is 218 g/mol. The Balaban J connectivity index is 4.08. The molecule has 0 aliphatic carbocycles. The van der Waals surface area contributed by atoms with E-state index in [-0.39, 0.29) is 10.0 Å². The Bertz CT molecular complexity index is 134. The van der Waals surface area contributed by atoms with Crippen LogP contribution in [0.3, 0.4) is 0 Å². The minimum absolute atomic E-state index is 0.285. The summed E-state index contributed by atoms with van der Waals surface area (Å²) in [5, 5.41) is 0.921. The molecule has 1 heteroatoms. The highest BCUT2D eigenvalue weighted by molar-refractivity contribution is 8.34. The minimum Gasteiger partial charge on any atom is -0.239 e. The summed E-state index contributed by atoms with van der Waals surface area (Å²) in [6.07, 6.45) is 2.87. The smallest absolute Gasteiger partial charge is 0.0169 e. The summed E-state index contributed by atoms with van der Waals surface area (Å²) in [5.74, 6) is 5.25. The Hall–Kier alpha value is 0.350. The lowest BCUT2D eigenvalue weighted by molar-refractivity contribution is 0.578. The van der Waals surface area contributed by atoms with Gasteiger partial charge < -0.3 is 0 Å². The molecule has 0 aromatic rings. The SMILES string of the molecule is CCS(CC)(CCCC(C)C)C(C)C. The van der Waals surface area contributed by atoms with Gasteiger partial charge in [0.2, 0.25) is 0 Å². The lowest BCUT2D eigenvalue weighted by atomic mass is 10.1. The second-order valence-electron chi connectivity index (χ2n) is 4.98. The normalized spacial score (nSPS) is 14.0. The highest BCUT2D eigenvalue weighted by Gasteiger charge is 2.23. The number of hydrogen-bond donors (Lipinski definition) is 0. The molecule has 0 aromatic carbocycles. The second-order valence-corrected chi connectivity index (χ2v) is 9.71. The van der Waals surface area contributed by atoms with Crippen LogP contribution >= 0.6 is 10.0 Å². The van der Waals surface area contributed by atoms with Crippen LogP contribution in [-0.2, 0) is 0 Å². The van der Waals surface area contributed by atoms with Gasteiger partial charge in [0.25, 0.3) is 0 Å². The van der Waals surface area contributed by atoms with Crippen LogP contribution in [0.15, 0.2) is 0 Å². The molecule has 0 fully saturated rings. The predicted molar refractivity (Wildman–Crippen MR) is 72.7 cm³/mol. The van der Waals surface area contributed by atoms with Crippen molar-refractivity contribution in [2.75, 3.05) is 17.3 Å². The molecule has 88 valence electrons. The Morgan fingerprint density at radius 2 is 1.43 bits per heavy atom. The minimum atomic E-state index is -0.285. The van der Waals surface area contributed by atoms with Crippen molar-refractivity contribution in [3.63, 3.8) is 0 Å². The quantitative estimate of drug-likeness (QED) is 0.582. The summed E-state index contributed by atoms with van der Waals surface area (Å²) >= 11 is 0. The molecule has 0 nitrogen and oxygen atoms in total. The molecular weight excluding hydrogens is 188 g/mol. The highest BCUT2D eigenvalue weighted by Crippen LogP contribution is 2.52. The lowest BCUT2D eigenvalue weighted by Crippen LogP contribution is -2.20. The van der Waals surface area contributed by atoms with E-state index in [0.29, 0.717) is 0 Å². The summed E-state index contributed by atoms with van der Waals surface area (Å²) < 4.78 is 0. The van der Waals surface area contributed by atoms with Crippen LogP contribution in [0.25, 0.3) is 0 Å². The van der Waals surface area contributed by atoms with Gasteiger partial charge in [-0.1, -0.05) is 48.0 Å². The maximum atomic E-state index is 2.43. The summed E-state index contributed by atoms with van der Waals surface area (Å²) in [7, 11) is -0.285. The van der Waals surface area contributed by atoms with Gasteiger partial charge in [0.1, 0.15) is 0 Å². The maximum Gasteiger partial charge on any atom is -0.0169 e. The van der Waals surface area contributed by atoms with E-state index in [1.807, 2.05) is 0 Å². The average Bonchev–Trinajstić information content (AvgIpc) is 2.12. The summed E-state index contributed by atoms with van der Waals surface area (Å²) in [5.41, 5.74) is 0. The van der Waals surface area contributed by atoms with Gasteiger partial charge in [0.05, 0.1) is 0 Å². The topological polar surface area (TPSA) is 0 Å². The molecular formula is C13H30S. The fourth-order valence-electron chi connectivity index (χ4n) is 2.17. The van der Waals surface area contributed by atoms with Gasteiger partial charge in [-0.2, -0.15) is 0 Å². The molecule has 0 atom stereocenters. The first-order valence-electron chi connectivity index (χ1n) is 6.23. The van der Waals surface area contributed by atoms with E-state index in [1.54, 1.807) is 0 Å². The zero-order chi connectivity index (χ0) is 11.2. The molecule has 0 aliphatic heterocycles. The van der Waals surface area contributed by atoms with E-state index in [0.717, 1.165) is 11.2 Å². The zero-order valence-corrected chi connectivity index (χ0v) is 11.9. The summed E-state index contributed by atoms with van der Waals surface area (Å²) in [6, 6.07) is 0. The van der Waals surface area contributed by atoms with Gasteiger partial charge >= 0.3 is 0 Å². The first kappa shape index (κ1) is 14.3. The molecule has 0 heterocycles. The molecule has 0 amide bonds. The molecule has 14 heavy (non-hydrogen) atoms. The second kappa shape index (κ2) is 6.76. The number of rotatable bonds is 7. The monoisotopic (exact) mass is 218 g/mol. The van der Waals surface area contributed by atoms with Crippen LogP contribution in [-0.4, -0.2) is 22.5 Å². The Morgan fingerprint density at radius 1 is 0.929 bits per heavy atom. The molecule has 0 saturated carbocycles. The fraction of sp³-hybridized carbons (Fsp3) is 1.00. The molecule has 0 aromatic heterocycles. The van der Waals surface area contributed by atoms with Gasteiger partial charge in [-0.15, -0.1) is 0 Å². The van der Waals surface area contributed by atoms with Crippen LogP contribution in [0.1, 0.15) is 54.4 Å². The van der Waals surface area contributed by atoms with Crippen molar-refractivity contribution in [1.29, 1.82) is 0 Å². The van der Waals surface area contributed by atoms with Crippen LogP contribution < -0.4 is 0 Å². The Morgan fingerprint density at radius 3 is 1.71 bits per heavy atom. The Labute approximate surface area is 93.2 Å². The van der Waals surface area contributed by atoms with Crippen molar-refractivity contribution in [3.05, 3.63) is 0 Å². The van der Waals surface area contributed by atoms with Gasteiger partial charge in [-0.3, -0.25) is 0 Å². The van der Waals surface area contributed by atoms with E-state index in [2.05, 4.69) is 41.5 Å². The van der Waals surface area contributed by atoms with Crippen molar-refractivity contribution >= 4 is 10.0 Å². The Kier molecular flexibility index (Phi) is 6.93. The van der Waals surface area contributed by atoms with E-state index >= 15 is 0 Å². The van der Waals surface area contributed by atoms with Crippen molar-refractivity contribution in [1.82, 2.24) is 0 Å². The molecule has 0 radical (unpaired) electrons. The van der Waals surface area contributed by atoms with Crippen LogP contribution in [0.5, 0.6) is 0 Å². The van der Waals surface area contributed by atoms with E-state index in [9.17, 15) is 0 Å². The molecule has 0 unspecified atom stereocenters. The first-order chi connectivity index (χ1) is 6.48. The summed E-state index contributed by atoms with van der Waals surface area (Å²) in [6.45, 7) is 14.3. The van der Waals surface area contributed by atoms with E-state index < -0.39 is 0 Å². The standard InChI is InChI=1S/C13H30S/c1-7-14(8-2,13(5)6)11-9-10-12(3)4/h12-13H,7-11H2,1-6H3. The van der Waals surface area contributed by atoms with E-state index in [4.69, 9.17) is 0 Å². The largest absolute Gasteiger partial charge is 0.239 e. The number of hydrogen-bond acceptors (Lipinski definition) is 0. The lowest BCUT2D eigenvalue weighted by Gasteiger charge is -2.43. The van der Waals surface area contributed by atoms with Crippen LogP contribution in [0.4, 0.5) is 0 Å². The van der Waals surface area contributed by atoms with Crippen molar-refractivity contribution < 1.29 is 0 Å². The molecule has 0 spiro atoms. The molecule has 0 aliphatic rings. The van der Waals surface area contributed by atoms with Crippen LogP contribution in [0, 0.1) is 5.92 Å². The van der Waals surface area contributed by atoms with Gasteiger partial charge in [-0.25, -0.2) is 10.0 Å². The third-order valence-electron chi connectivity index (χ3n) is 3.48. The third-order valence-corrected chi connectivity index (χ3v) is 8.88. The van der Waals surface area contributed by atoms with Gasteiger partial charge in [0, 0.05) is 0 Å². The molecule has 0 N–H and O–H groups in total. The summed E-state index contributed by atoms with van der Waals surface area (Å²) in [4.78, 5) is 0. The van der Waals surface area contributed by atoms with Crippen molar-refractivity contribution in [2.24, 2.45) is 5.92 Å². The predicted octanol–water partition coefficient (Wildman–Crippen LogP) is 4.68. The highest BCUT2D eigenvalue weighted by atomic mass is 32.3. The van der Waals surface area contributed by atoms with Crippen LogP contribution in [0.2, 0.25) is 0 Å². The fourth-order valence-corrected chi connectivity index (χ4v) is 5.71. The molecule has 0 rings (SSSR count). The third kappa shape index (κ3) is 4.25. The molecule has 0 bridgehead atoms. The van der Waals surface area contributed by atoms with Gasteiger partial charge in [-0.05, 0) is 34.8 Å². The van der Waals surface area contributed by atoms with E-state index in [1.165, 1.54) is 30.1 Å². The van der Waals surface area contributed by atoms with Gasteiger partial charge in [0.15, 0.2) is 0 Å². The van der Waals surface area contributed by atoms with Crippen molar-refractivity contribution in [3.8, 4) is 0 Å². The molecule has 0 saturated heterocycles. The zero-order valence-electron chi connectivity index (χ0n) is 11.1. The maximum absolute atomic E-state index is 2.43.